The summed E-state index contributed by atoms with van der Waals surface area (Å²) in [6.45, 7) is 3.95. The second-order valence-electron chi connectivity index (χ2n) is 7.03. The summed E-state index contributed by atoms with van der Waals surface area (Å²) >= 11 is 1.33. The van der Waals surface area contributed by atoms with Gasteiger partial charge in [-0.05, 0) is 43.9 Å². The molecule has 1 aliphatic rings. The molecule has 0 aliphatic heterocycles. The maximum Gasteiger partial charge on any atom is 0.264 e. The van der Waals surface area contributed by atoms with E-state index in [0.29, 0.717) is 16.0 Å². The zero-order chi connectivity index (χ0) is 18.8. The second-order valence-corrected chi connectivity index (χ2v) is 7.99. The number of nitrogens with zero attached hydrogens (tertiary/aromatic N) is 4. The van der Waals surface area contributed by atoms with Crippen molar-refractivity contribution < 1.29 is 9.53 Å². The van der Waals surface area contributed by atoms with Crippen LogP contribution in [0, 0.1) is 13.8 Å². The lowest BCUT2D eigenvalue weighted by atomic mass is 9.89. The molecule has 0 radical (unpaired) electrons. The number of benzene rings is 1. The Labute approximate surface area is 161 Å². The third kappa shape index (κ3) is 3.80. The van der Waals surface area contributed by atoms with Crippen molar-refractivity contribution >= 4 is 27.3 Å². The standard InChI is InChI=1S/C19H23N5O2S/c1-12-7-6-10-15(13(12)2)26-11-16(25)20-18-23-24-17(21-22-19(24)27-18)14-8-4-3-5-9-14/h6-7,10,14H,3-5,8-9,11H2,1-2H3,(H,20,23,25). The Morgan fingerprint density at radius 1 is 1.26 bits per heavy atom. The second kappa shape index (κ2) is 7.64. The van der Waals surface area contributed by atoms with Crippen molar-refractivity contribution in [2.24, 2.45) is 0 Å². The van der Waals surface area contributed by atoms with Crippen LogP contribution in [0.1, 0.15) is 55.0 Å². The fourth-order valence-corrected chi connectivity index (χ4v) is 4.24. The summed E-state index contributed by atoms with van der Waals surface area (Å²) in [5.74, 6) is 1.81. The average Bonchev–Trinajstić information content (AvgIpc) is 3.23. The number of ether oxygens (including phenoxy) is 1. The van der Waals surface area contributed by atoms with Crippen LogP contribution >= 0.6 is 11.3 Å². The molecule has 1 N–H and O–H groups in total. The molecule has 1 aliphatic carbocycles. The largest absolute Gasteiger partial charge is 0.483 e. The molecule has 2 aromatic heterocycles. The Kier molecular flexibility index (Phi) is 5.07. The molecule has 0 bridgehead atoms. The molecule has 4 rings (SSSR count). The average molecular weight is 385 g/mol. The van der Waals surface area contributed by atoms with Crippen LogP contribution in [0.15, 0.2) is 18.2 Å². The van der Waals surface area contributed by atoms with Crippen LogP contribution in [-0.2, 0) is 4.79 Å². The van der Waals surface area contributed by atoms with E-state index >= 15 is 0 Å². The van der Waals surface area contributed by atoms with Crippen molar-refractivity contribution in [3.05, 3.63) is 35.2 Å². The number of aromatic nitrogens is 4. The van der Waals surface area contributed by atoms with E-state index in [2.05, 4.69) is 20.6 Å². The Bertz CT molecular complexity index is 958. The van der Waals surface area contributed by atoms with Gasteiger partial charge in [-0.15, -0.1) is 15.3 Å². The quantitative estimate of drug-likeness (QED) is 0.721. The van der Waals surface area contributed by atoms with Crippen LogP contribution in [0.2, 0.25) is 0 Å². The first-order valence-corrected chi connectivity index (χ1v) is 10.1. The molecular weight excluding hydrogens is 362 g/mol. The van der Waals surface area contributed by atoms with Crippen LogP contribution in [-0.4, -0.2) is 32.3 Å². The zero-order valence-electron chi connectivity index (χ0n) is 15.6. The fourth-order valence-electron chi connectivity index (χ4n) is 3.48. The van der Waals surface area contributed by atoms with Gasteiger partial charge in [0.2, 0.25) is 10.1 Å². The van der Waals surface area contributed by atoms with Gasteiger partial charge in [-0.1, -0.05) is 42.7 Å². The Morgan fingerprint density at radius 2 is 2.07 bits per heavy atom. The summed E-state index contributed by atoms with van der Waals surface area (Å²) in [6, 6.07) is 5.81. The number of carbonyl (C=O) groups excluding carboxylic acids is 1. The number of hydrogen-bond donors (Lipinski definition) is 1. The summed E-state index contributed by atoms with van der Waals surface area (Å²) in [5, 5.41) is 16.4. The lowest BCUT2D eigenvalue weighted by Crippen LogP contribution is -2.20. The molecule has 2 heterocycles. The highest BCUT2D eigenvalue weighted by atomic mass is 32.1. The monoisotopic (exact) mass is 385 g/mol. The van der Waals surface area contributed by atoms with Crippen molar-refractivity contribution in [1.82, 2.24) is 19.8 Å². The predicted molar refractivity (Wildman–Crippen MR) is 105 cm³/mol. The van der Waals surface area contributed by atoms with Crippen LogP contribution in [0.5, 0.6) is 5.75 Å². The van der Waals surface area contributed by atoms with Gasteiger partial charge in [0.05, 0.1) is 0 Å². The molecule has 1 fully saturated rings. The van der Waals surface area contributed by atoms with E-state index in [1.54, 1.807) is 4.52 Å². The van der Waals surface area contributed by atoms with Crippen molar-refractivity contribution in [2.45, 2.75) is 51.9 Å². The van der Waals surface area contributed by atoms with E-state index in [4.69, 9.17) is 4.74 Å². The molecule has 0 atom stereocenters. The first kappa shape index (κ1) is 17.9. The molecular formula is C19H23N5O2S. The van der Waals surface area contributed by atoms with Crippen LogP contribution in [0.4, 0.5) is 5.13 Å². The fraction of sp³-hybridized carbons (Fsp3) is 0.474. The highest BCUT2D eigenvalue weighted by Gasteiger charge is 2.23. The van der Waals surface area contributed by atoms with Crippen LogP contribution in [0.25, 0.3) is 4.96 Å². The van der Waals surface area contributed by atoms with Gasteiger partial charge in [0.1, 0.15) is 5.75 Å². The number of carbonyl (C=O) groups is 1. The molecule has 1 amide bonds. The van der Waals surface area contributed by atoms with Crippen molar-refractivity contribution in [1.29, 1.82) is 0 Å². The Morgan fingerprint density at radius 3 is 2.89 bits per heavy atom. The molecule has 7 nitrogen and oxygen atoms in total. The molecule has 1 saturated carbocycles. The molecule has 27 heavy (non-hydrogen) atoms. The summed E-state index contributed by atoms with van der Waals surface area (Å²) < 4.78 is 7.44. The topological polar surface area (TPSA) is 81.4 Å². The summed E-state index contributed by atoms with van der Waals surface area (Å²) in [5.41, 5.74) is 2.18. The lowest BCUT2D eigenvalue weighted by molar-refractivity contribution is -0.118. The number of hydrogen-bond acceptors (Lipinski definition) is 6. The van der Waals surface area contributed by atoms with Crippen molar-refractivity contribution in [3.63, 3.8) is 0 Å². The highest BCUT2D eigenvalue weighted by molar-refractivity contribution is 7.20. The number of aryl methyl sites for hydroxylation is 1. The number of fused-ring (bicyclic) bond motifs is 1. The maximum atomic E-state index is 12.3. The normalized spacial score (nSPS) is 15.2. The highest BCUT2D eigenvalue weighted by Crippen LogP contribution is 2.32. The third-order valence-electron chi connectivity index (χ3n) is 5.15. The molecule has 0 spiro atoms. The Hall–Kier alpha value is -2.48. The van der Waals surface area contributed by atoms with Gasteiger partial charge in [0.25, 0.3) is 5.91 Å². The number of anilines is 1. The molecule has 3 aromatic rings. The van der Waals surface area contributed by atoms with E-state index in [1.807, 2.05) is 32.0 Å². The maximum absolute atomic E-state index is 12.3. The van der Waals surface area contributed by atoms with Crippen LogP contribution < -0.4 is 10.1 Å². The number of amides is 1. The van der Waals surface area contributed by atoms with E-state index in [-0.39, 0.29) is 12.5 Å². The Balaban J connectivity index is 1.41. The van der Waals surface area contributed by atoms with Crippen LogP contribution in [0.3, 0.4) is 0 Å². The third-order valence-corrected chi connectivity index (χ3v) is 5.96. The summed E-state index contributed by atoms with van der Waals surface area (Å²) in [7, 11) is 0. The van der Waals surface area contributed by atoms with E-state index < -0.39 is 0 Å². The predicted octanol–water partition coefficient (Wildman–Crippen LogP) is 3.87. The summed E-state index contributed by atoms with van der Waals surface area (Å²) in [4.78, 5) is 13.0. The molecule has 8 heteroatoms. The SMILES string of the molecule is Cc1cccc(OCC(=O)Nc2nn3c(C4CCCCC4)nnc3s2)c1C. The van der Waals surface area contributed by atoms with Gasteiger partial charge < -0.3 is 4.74 Å². The van der Waals surface area contributed by atoms with Gasteiger partial charge in [-0.3, -0.25) is 10.1 Å². The van der Waals surface area contributed by atoms with Gasteiger partial charge in [0, 0.05) is 5.92 Å². The van der Waals surface area contributed by atoms with Crippen molar-refractivity contribution in [3.8, 4) is 5.75 Å². The minimum atomic E-state index is -0.236. The van der Waals surface area contributed by atoms with E-state index in [0.717, 1.165) is 35.5 Å². The van der Waals surface area contributed by atoms with Gasteiger partial charge in [-0.2, -0.15) is 4.52 Å². The van der Waals surface area contributed by atoms with Gasteiger partial charge >= 0.3 is 0 Å². The lowest BCUT2D eigenvalue weighted by Gasteiger charge is -2.18. The molecule has 0 saturated heterocycles. The number of nitrogens with one attached hydrogen (secondary N) is 1. The summed E-state index contributed by atoms with van der Waals surface area (Å²) in [6.07, 6.45) is 6.00. The smallest absolute Gasteiger partial charge is 0.264 e. The van der Waals surface area contributed by atoms with Crippen molar-refractivity contribution in [2.75, 3.05) is 11.9 Å². The minimum absolute atomic E-state index is 0.0556. The van der Waals surface area contributed by atoms with E-state index in [1.165, 1.54) is 30.6 Å². The number of rotatable bonds is 5. The molecule has 142 valence electrons. The molecule has 1 aromatic carbocycles. The first-order chi connectivity index (χ1) is 13.1. The zero-order valence-corrected chi connectivity index (χ0v) is 16.4. The van der Waals surface area contributed by atoms with E-state index in [9.17, 15) is 4.79 Å². The first-order valence-electron chi connectivity index (χ1n) is 9.33. The minimum Gasteiger partial charge on any atom is -0.483 e. The van der Waals surface area contributed by atoms with Gasteiger partial charge in [-0.25, -0.2) is 0 Å². The molecule has 0 unspecified atom stereocenters. The van der Waals surface area contributed by atoms with Gasteiger partial charge in [0.15, 0.2) is 12.4 Å².